The summed E-state index contributed by atoms with van der Waals surface area (Å²) in [5.41, 5.74) is 0.639. The quantitative estimate of drug-likeness (QED) is 0.813. The largest absolute Gasteiger partial charge is 0.376 e. The zero-order chi connectivity index (χ0) is 11.7. The van der Waals surface area contributed by atoms with Gasteiger partial charge in [0.25, 0.3) is 0 Å². The minimum atomic E-state index is 0.205. The smallest absolute Gasteiger partial charge is 0.226 e. The Morgan fingerprint density at radius 2 is 2.47 bits per heavy atom. The Morgan fingerprint density at radius 1 is 1.53 bits per heavy atom. The molecule has 2 N–H and O–H groups in total. The van der Waals surface area contributed by atoms with E-state index in [0.717, 1.165) is 31.4 Å². The number of aromatic nitrogens is 4. The maximum atomic E-state index is 5.83. The third-order valence-electron chi connectivity index (χ3n) is 2.80. The molecule has 0 aliphatic carbocycles. The number of aromatic amines is 1. The van der Waals surface area contributed by atoms with E-state index in [1.54, 1.807) is 6.20 Å². The van der Waals surface area contributed by atoms with Gasteiger partial charge in [0.05, 0.1) is 17.7 Å². The number of nitrogens with one attached hydrogen (secondary N) is 2. The van der Waals surface area contributed by atoms with Crippen LogP contribution in [0.2, 0.25) is 5.28 Å². The highest BCUT2D eigenvalue weighted by Crippen LogP contribution is 2.20. The summed E-state index contributed by atoms with van der Waals surface area (Å²) in [7, 11) is 0. The first-order chi connectivity index (χ1) is 8.33. The van der Waals surface area contributed by atoms with Crippen LogP contribution in [0.4, 0.5) is 5.82 Å². The lowest BCUT2D eigenvalue weighted by Gasteiger charge is -2.11. The van der Waals surface area contributed by atoms with Crippen molar-refractivity contribution in [3.63, 3.8) is 0 Å². The molecule has 17 heavy (non-hydrogen) atoms. The van der Waals surface area contributed by atoms with Crippen molar-refractivity contribution >= 4 is 28.5 Å². The van der Waals surface area contributed by atoms with Crippen LogP contribution in [0.5, 0.6) is 0 Å². The molecule has 0 radical (unpaired) electrons. The molecule has 7 heteroatoms. The second-order valence-corrected chi connectivity index (χ2v) is 4.33. The molecule has 2 aromatic rings. The summed E-state index contributed by atoms with van der Waals surface area (Å²) in [4.78, 5) is 8.20. The van der Waals surface area contributed by atoms with Gasteiger partial charge in [-0.2, -0.15) is 15.1 Å². The molecular weight excluding hydrogens is 242 g/mol. The minimum Gasteiger partial charge on any atom is -0.376 e. The second kappa shape index (κ2) is 4.46. The molecule has 0 amide bonds. The number of anilines is 1. The lowest BCUT2D eigenvalue weighted by Crippen LogP contribution is -2.19. The Bertz CT molecular complexity index is 522. The molecule has 0 bridgehead atoms. The molecule has 1 atom stereocenters. The maximum absolute atomic E-state index is 5.83. The normalized spacial score (nSPS) is 19.9. The van der Waals surface area contributed by atoms with Crippen LogP contribution in [0.3, 0.4) is 0 Å². The van der Waals surface area contributed by atoms with Crippen molar-refractivity contribution < 1.29 is 4.74 Å². The van der Waals surface area contributed by atoms with Crippen LogP contribution in [-0.2, 0) is 4.74 Å². The predicted octanol–water partition coefficient (Wildman–Crippen LogP) is 1.60. The average molecular weight is 254 g/mol. The molecule has 90 valence electrons. The Labute approximate surface area is 103 Å². The molecule has 1 aliphatic rings. The molecule has 2 aromatic heterocycles. The van der Waals surface area contributed by atoms with Crippen LogP contribution in [-0.4, -0.2) is 39.4 Å². The van der Waals surface area contributed by atoms with Gasteiger partial charge in [0.15, 0.2) is 5.65 Å². The highest BCUT2D eigenvalue weighted by molar-refractivity contribution is 6.28. The summed E-state index contributed by atoms with van der Waals surface area (Å²) in [5.74, 6) is 0.698. The molecule has 0 aromatic carbocycles. The van der Waals surface area contributed by atoms with Crippen molar-refractivity contribution in [2.24, 2.45) is 0 Å². The zero-order valence-corrected chi connectivity index (χ0v) is 9.87. The van der Waals surface area contributed by atoms with Crippen molar-refractivity contribution in [3.8, 4) is 0 Å². The van der Waals surface area contributed by atoms with Gasteiger partial charge in [-0.3, -0.25) is 5.10 Å². The maximum Gasteiger partial charge on any atom is 0.226 e. The highest BCUT2D eigenvalue weighted by atomic mass is 35.5. The van der Waals surface area contributed by atoms with Crippen molar-refractivity contribution in [2.45, 2.75) is 18.9 Å². The molecule has 1 aliphatic heterocycles. The monoisotopic (exact) mass is 253 g/mol. The van der Waals surface area contributed by atoms with Gasteiger partial charge in [0.1, 0.15) is 5.82 Å². The van der Waals surface area contributed by atoms with Crippen LogP contribution in [0, 0.1) is 0 Å². The number of fused-ring (bicyclic) bond motifs is 1. The molecular formula is C10H12ClN5O. The SMILES string of the molecule is Clc1nc(NCC2CCCO2)c2cn[nH]c2n1. The molecule has 1 unspecified atom stereocenters. The summed E-state index contributed by atoms with van der Waals surface area (Å²) in [6.45, 7) is 1.58. The number of H-pyrrole nitrogens is 1. The lowest BCUT2D eigenvalue weighted by molar-refractivity contribution is 0.120. The van der Waals surface area contributed by atoms with E-state index in [2.05, 4.69) is 25.5 Å². The Hall–Kier alpha value is -1.40. The fourth-order valence-corrected chi connectivity index (χ4v) is 2.13. The van der Waals surface area contributed by atoms with E-state index in [9.17, 15) is 0 Å². The van der Waals surface area contributed by atoms with Crippen molar-refractivity contribution in [2.75, 3.05) is 18.5 Å². The van der Waals surface area contributed by atoms with Crippen molar-refractivity contribution in [1.82, 2.24) is 20.2 Å². The number of rotatable bonds is 3. The highest BCUT2D eigenvalue weighted by Gasteiger charge is 2.16. The fourth-order valence-electron chi connectivity index (χ4n) is 1.96. The van der Waals surface area contributed by atoms with Crippen LogP contribution < -0.4 is 5.32 Å². The van der Waals surface area contributed by atoms with Crippen LogP contribution in [0.25, 0.3) is 11.0 Å². The lowest BCUT2D eigenvalue weighted by atomic mass is 10.2. The third-order valence-corrected chi connectivity index (χ3v) is 2.97. The minimum absolute atomic E-state index is 0.205. The first kappa shape index (κ1) is 10.7. The van der Waals surface area contributed by atoms with Gasteiger partial charge in [0.2, 0.25) is 5.28 Å². The van der Waals surface area contributed by atoms with E-state index in [1.165, 1.54) is 0 Å². The number of ether oxygens (including phenoxy) is 1. The summed E-state index contributed by atoms with van der Waals surface area (Å²) in [6, 6.07) is 0. The molecule has 0 spiro atoms. The number of hydrogen-bond donors (Lipinski definition) is 2. The van der Waals surface area contributed by atoms with Crippen LogP contribution in [0.1, 0.15) is 12.8 Å². The molecule has 6 nitrogen and oxygen atoms in total. The van der Waals surface area contributed by atoms with Gasteiger partial charge >= 0.3 is 0 Å². The Kier molecular flexibility index (Phi) is 2.82. The fraction of sp³-hybridized carbons (Fsp3) is 0.500. The summed E-state index contributed by atoms with van der Waals surface area (Å²) in [6.07, 6.45) is 4.15. The standard InChI is InChI=1S/C10H12ClN5O/c11-10-14-8(7-5-13-16-9(7)15-10)12-4-6-2-1-3-17-6/h5-6H,1-4H2,(H2,12,13,14,15,16). The first-order valence-electron chi connectivity index (χ1n) is 5.55. The molecule has 3 heterocycles. The van der Waals surface area contributed by atoms with E-state index < -0.39 is 0 Å². The third kappa shape index (κ3) is 2.18. The van der Waals surface area contributed by atoms with Gasteiger partial charge in [0, 0.05) is 13.2 Å². The van der Waals surface area contributed by atoms with E-state index in [1.807, 2.05) is 0 Å². The van der Waals surface area contributed by atoms with Gasteiger partial charge in [-0.05, 0) is 24.4 Å². The predicted molar refractivity (Wildman–Crippen MR) is 64.2 cm³/mol. The van der Waals surface area contributed by atoms with Crippen LogP contribution >= 0.6 is 11.6 Å². The number of hydrogen-bond acceptors (Lipinski definition) is 5. The topological polar surface area (TPSA) is 75.7 Å². The molecule has 1 saturated heterocycles. The average Bonchev–Trinajstić information content (AvgIpc) is 2.95. The van der Waals surface area contributed by atoms with Gasteiger partial charge in [-0.1, -0.05) is 0 Å². The van der Waals surface area contributed by atoms with E-state index >= 15 is 0 Å². The van der Waals surface area contributed by atoms with Crippen LogP contribution in [0.15, 0.2) is 6.20 Å². The van der Waals surface area contributed by atoms with Crippen molar-refractivity contribution in [1.29, 1.82) is 0 Å². The number of halogens is 1. The van der Waals surface area contributed by atoms with Gasteiger partial charge in [-0.15, -0.1) is 0 Å². The molecule has 3 rings (SSSR count). The Balaban J connectivity index is 1.81. The summed E-state index contributed by atoms with van der Waals surface area (Å²) in [5, 5.41) is 11.0. The first-order valence-corrected chi connectivity index (χ1v) is 5.93. The summed E-state index contributed by atoms with van der Waals surface area (Å²) >= 11 is 5.83. The zero-order valence-electron chi connectivity index (χ0n) is 9.11. The van der Waals surface area contributed by atoms with E-state index in [-0.39, 0.29) is 11.4 Å². The molecule has 0 saturated carbocycles. The van der Waals surface area contributed by atoms with E-state index in [4.69, 9.17) is 16.3 Å². The second-order valence-electron chi connectivity index (χ2n) is 3.99. The Morgan fingerprint density at radius 3 is 3.29 bits per heavy atom. The van der Waals surface area contributed by atoms with Crippen molar-refractivity contribution in [3.05, 3.63) is 11.5 Å². The molecule has 1 fully saturated rings. The van der Waals surface area contributed by atoms with Gasteiger partial charge in [-0.25, -0.2) is 0 Å². The summed E-state index contributed by atoms with van der Waals surface area (Å²) < 4.78 is 5.54. The number of nitrogens with zero attached hydrogens (tertiary/aromatic N) is 3. The van der Waals surface area contributed by atoms with E-state index in [0.29, 0.717) is 11.5 Å². The van der Waals surface area contributed by atoms with Gasteiger partial charge < -0.3 is 10.1 Å².